The Morgan fingerprint density at radius 3 is 2.73 bits per heavy atom. The predicted octanol–water partition coefficient (Wildman–Crippen LogP) is 4.94. The molecule has 26 heavy (non-hydrogen) atoms. The van der Waals surface area contributed by atoms with E-state index < -0.39 is 0 Å². The highest BCUT2D eigenvalue weighted by molar-refractivity contribution is 7.99. The van der Waals surface area contributed by atoms with Gasteiger partial charge in [0.2, 0.25) is 5.91 Å². The molecule has 0 fully saturated rings. The van der Waals surface area contributed by atoms with Crippen molar-refractivity contribution in [3.63, 3.8) is 0 Å². The molecule has 3 rings (SSSR count). The molecular formula is C19H22N4OS2. The number of thiophene rings is 1. The first kappa shape index (κ1) is 18.7. The number of thioether (sulfide) groups is 1. The lowest BCUT2D eigenvalue weighted by Crippen LogP contribution is -2.16. The fourth-order valence-electron chi connectivity index (χ4n) is 2.62. The first-order chi connectivity index (χ1) is 12.5. The minimum absolute atomic E-state index is 0.0420. The van der Waals surface area contributed by atoms with Crippen molar-refractivity contribution >= 4 is 34.7 Å². The van der Waals surface area contributed by atoms with E-state index in [1.54, 1.807) is 11.3 Å². The molecule has 1 N–H and O–H groups in total. The van der Waals surface area contributed by atoms with E-state index in [0.717, 1.165) is 32.7 Å². The summed E-state index contributed by atoms with van der Waals surface area (Å²) in [5.74, 6) is 1.11. The van der Waals surface area contributed by atoms with Crippen LogP contribution in [0.25, 0.3) is 10.7 Å². The third-order valence-electron chi connectivity index (χ3n) is 4.13. The van der Waals surface area contributed by atoms with Crippen molar-refractivity contribution in [1.82, 2.24) is 14.8 Å². The van der Waals surface area contributed by atoms with Crippen LogP contribution >= 0.6 is 23.1 Å². The number of anilines is 1. The maximum Gasteiger partial charge on any atom is 0.234 e. The van der Waals surface area contributed by atoms with E-state index in [9.17, 15) is 4.79 Å². The van der Waals surface area contributed by atoms with E-state index in [0.29, 0.717) is 5.75 Å². The van der Waals surface area contributed by atoms with Gasteiger partial charge in [0, 0.05) is 11.7 Å². The Morgan fingerprint density at radius 2 is 2.04 bits per heavy atom. The van der Waals surface area contributed by atoms with Gasteiger partial charge in [-0.25, -0.2) is 0 Å². The highest BCUT2D eigenvalue weighted by Crippen LogP contribution is 2.30. The monoisotopic (exact) mass is 386 g/mol. The van der Waals surface area contributed by atoms with Gasteiger partial charge >= 0.3 is 0 Å². The number of nitrogens with zero attached hydrogens (tertiary/aromatic N) is 3. The fraction of sp³-hybridized carbons (Fsp3) is 0.316. The van der Waals surface area contributed by atoms with Crippen LogP contribution in [0.4, 0.5) is 5.69 Å². The molecule has 136 valence electrons. The second-order valence-corrected chi connectivity index (χ2v) is 8.22. The molecule has 3 aromatic rings. The van der Waals surface area contributed by atoms with Crippen LogP contribution in [0.15, 0.2) is 40.9 Å². The second-order valence-electron chi connectivity index (χ2n) is 6.33. The highest BCUT2D eigenvalue weighted by Gasteiger charge is 2.18. The van der Waals surface area contributed by atoms with Gasteiger partial charge in [-0.1, -0.05) is 30.0 Å². The summed E-state index contributed by atoms with van der Waals surface area (Å²) < 4.78 is 2.09. The Balaban J connectivity index is 1.71. The zero-order chi connectivity index (χ0) is 18.7. The lowest BCUT2D eigenvalue weighted by molar-refractivity contribution is -0.113. The van der Waals surface area contributed by atoms with Crippen LogP contribution in [0.3, 0.4) is 0 Å². The Hall–Kier alpha value is -2.12. The Labute approximate surface area is 161 Å². The molecule has 0 aliphatic carbocycles. The molecule has 2 aromatic heterocycles. The summed E-state index contributed by atoms with van der Waals surface area (Å²) in [5.41, 5.74) is 3.12. The van der Waals surface area contributed by atoms with Crippen molar-refractivity contribution in [2.45, 2.75) is 38.9 Å². The minimum Gasteiger partial charge on any atom is -0.325 e. The van der Waals surface area contributed by atoms with Gasteiger partial charge < -0.3 is 5.32 Å². The van der Waals surface area contributed by atoms with Crippen molar-refractivity contribution in [1.29, 1.82) is 0 Å². The van der Waals surface area contributed by atoms with Crippen molar-refractivity contribution in [3.05, 3.63) is 46.8 Å². The third kappa shape index (κ3) is 3.99. The van der Waals surface area contributed by atoms with Gasteiger partial charge in [-0.05, 0) is 56.3 Å². The Morgan fingerprint density at radius 1 is 1.23 bits per heavy atom. The van der Waals surface area contributed by atoms with E-state index in [2.05, 4.69) is 33.9 Å². The standard InChI is InChI=1S/C19H22N4OS2/c1-12(2)23-18(16-9-6-10-25-16)21-22-19(23)26-11-17(24)20-15-8-5-7-13(3)14(15)4/h5-10,12H,11H2,1-4H3,(H,20,24). The maximum atomic E-state index is 12.4. The second kappa shape index (κ2) is 8.05. The SMILES string of the molecule is Cc1cccc(NC(=O)CSc2nnc(-c3cccs3)n2C(C)C)c1C. The normalized spacial score (nSPS) is 11.1. The van der Waals surface area contributed by atoms with Gasteiger partial charge in [0.1, 0.15) is 0 Å². The average molecular weight is 387 g/mol. The van der Waals surface area contributed by atoms with Crippen LogP contribution in [0.5, 0.6) is 0 Å². The summed E-state index contributed by atoms with van der Waals surface area (Å²) in [6.45, 7) is 8.25. The van der Waals surface area contributed by atoms with Crippen molar-refractivity contribution in [2.24, 2.45) is 0 Å². The molecule has 0 spiro atoms. The van der Waals surface area contributed by atoms with Crippen LogP contribution in [0, 0.1) is 13.8 Å². The molecule has 7 heteroatoms. The molecule has 0 unspecified atom stereocenters. The number of nitrogens with one attached hydrogen (secondary N) is 1. The van der Waals surface area contributed by atoms with E-state index in [1.807, 2.05) is 49.6 Å². The fourth-order valence-corrected chi connectivity index (χ4v) is 4.19. The number of carbonyl (C=O) groups is 1. The molecule has 0 aliphatic heterocycles. The van der Waals surface area contributed by atoms with Gasteiger partial charge in [-0.2, -0.15) is 0 Å². The largest absolute Gasteiger partial charge is 0.325 e. The van der Waals surface area contributed by atoms with Gasteiger partial charge in [0.05, 0.1) is 10.6 Å². The third-order valence-corrected chi connectivity index (χ3v) is 5.94. The molecule has 0 radical (unpaired) electrons. The molecule has 0 bridgehead atoms. The molecule has 0 aliphatic rings. The number of benzene rings is 1. The van der Waals surface area contributed by atoms with Gasteiger partial charge in [0.25, 0.3) is 0 Å². The van der Waals surface area contributed by atoms with Crippen molar-refractivity contribution in [3.8, 4) is 10.7 Å². The number of amides is 1. The van der Waals surface area contributed by atoms with Gasteiger partial charge in [-0.15, -0.1) is 21.5 Å². The van der Waals surface area contributed by atoms with Crippen LogP contribution in [-0.2, 0) is 4.79 Å². The number of hydrogen-bond acceptors (Lipinski definition) is 5. The van der Waals surface area contributed by atoms with Gasteiger partial charge in [0.15, 0.2) is 11.0 Å². The lowest BCUT2D eigenvalue weighted by atomic mass is 10.1. The van der Waals surface area contributed by atoms with Crippen LogP contribution < -0.4 is 5.32 Å². The highest BCUT2D eigenvalue weighted by atomic mass is 32.2. The molecule has 1 amide bonds. The number of aryl methyl sites for hydroxylation is 1. The summed E-state index contributed by atoms with van der Waals surface area (Å²) >= 11 is 3.05. The molecule has 2 heterocycles. The lowest BCUT2D eigenvalue weighted by Gasteiger charge is -2.13. The first-order valence-corrected chi connectivity index (χ1v) is 10.3. The van der Waals surface area contributed by atoms with Crippen LogP contribution in [0.1, 0.15) is 31.0 Å². The molecular weight excluding hydrogens is 364 g/mol. The smallest absolute Gasteiger partial charge is 0.234 e. The van der Waals surface area contributed by atoms with Crippen molar-refractivity contribution in [2.75, 3.05) is 11.1 Å². The number of rotatable bonds is 6. The quantitative estimate of drug-likeness (QED) is 0.610. The van der Waals surface area contributed by atoms with Crippen LogP contribution in [-0.4, -0.2) is 26.4 Å². The van der Waals surface area contributed by atoms with E-state index in [4.69, 9.17) is 0 Å². The Kier molecular flexibility index (Phi) is 5.78. The molecule has 1 aromatic carbocycles. The predicted molar refractivity (Wildman–Crippen MR) is 109 cm³/mol. The van der Waals surface area contributed by atoms with E-state index in [1.165, 1.54) is 11.8 Å². The maximum absolute atomic E-state index is 12.4. The van der Waals surface area contributed by atoms with E-state index >= 15 is 0 Å². The summed E-state index contributed by atoms with van der Waals surface area (Å²) in [6, 6.07) is 10.2. The number of carbonyl (C=O) groups excluding carboxylic acids is 1. The zero-order valence-electron chi connectivity index (χ0n) is 15.3. The van der Waals surface area contributed by atoms with Crippen LogP contribution in [0.2, 0.25) is 0 Å². The average Bonchev–Trinajstić information content (AvgIpc) is 3.26. The summed E-state index contributed by atoms with van der Waals surface area (Å²) in [6.07, 6.45) is 0. The summed E-state index contributed by atoms with van der Waals surface area (Å²) in [7, 11) is 0. The number of hydrogen-bond donors (Lipinski definition) is 1. The molecule has 0 saturated carbocycles. The first-order valence-electron chi connectivity index (χ1n) is 8.45. The molecule has 0 saturated heterocycles. The van der Waals surface area contributed by atoms with Gasteiger partial charge in [-0.3, -0.25) is 9.36 Å². The zero-order valence-corrected chi connectivity index (χ0v) is 16.9. The van der Waals surface area contributed by atoms with Crippen molar-refractivity contribution < 1.29 is 4.79 Å². The van der Waals surface area contributed by atoms with E-state index in [-0.39, 0.29) is 11.9 Å². The Bertz CT molecular complexity index is 900. The molecule has 5 nitrogen and oxygen atoms in total. The topological polar surface area (TPSA) is 59.8 Å². The summed E-state index contributed by atoms with van der Waals surface area (Å²) in [4.78, 5) is 13.5. The number of aromatic nitrogens is 3. The molecule has 0 atom stereocenters. The summed E-state index contributed by atoms with van der Waals surface area (Å²) in [5, 5.41) is 14.4. The minimum atomic E-state index is -0.0420.